The van der Waals surface area contributed by atoms with E-state index in [4.69, 9.17) is 47.0 Å². The molecule has 0 aromatic heterocycles. The van der Waals surface area contributed by atoms with E-state index in [1.54, 1.807) is 0 Å². The molecule has 1 aromatic carbocycles. The molecule has 188 valence electrons. The SMILES string of the molecule is CCCCCCCCCCCCCCCC(=O)N[C@@H](NC(=S)Nc1ccccc1)C(Cl)(Cl)Cl. The highest BCUT2D eigenvalue weighted by Gasteiger charge is 2.34. The van der Waals surface area contributed by atoms with Gasteiger partial charge in [-0.05, 0) is 30.8 Å². The summed E-state index contributed by atoms with van der Waals surface area (Å²) in [6.45, 7) is 2.26. The van der Waals surface area contributed by atoms with Crippen LogP contribution in [0.4, 0.5) is 5.69 Å². The fourth-order valence-corrected chi connectivity index (χ4v) is 4.12. The van der Waals surface area contributed by atoms with Crippen molar-refractivity contribution in [3.8, 4) is 0 Å². The molecule has 0 aliphatic rings. The molecule has 0 bridgehead atoms. The lowest BCUT2D eigenvalue weighted by Crippen LogP contribution is -2.56. The first-order chi connectivity index (χ1) is 15.8. The van der Waals surface area contributed by atoms with Crippen molar-refractivity contribution in [2.24, 2.45) is 0 Å². The van der Waals surface area contributed by atoms with Crippen LogP contribution in [0.15, 0.2) is 30.3 Å². The lowest BCUT2D eigenvalue weighted by molar-refractivity contribution is -0.122. The molecular formula is C25H40Cl3N3OS. The number of rotatable bonds is 17. The molecule has 0 spiro atoms. The minimum absolute atomic E-state index is 0.163. The van der Waals surface area contributed by atoms with Gasteiger partial charge in [0.05, 0.1) is 0 Å². The maximum absolute atomic E-state index is 12.4. The number of unbranched alkanes of at least 4 members (excludes halogenated alkanes) is 12. The summed E-state index contributed by atoms with van der Waals surface area (Å²) in [5.74, 6) is -0.163. The predicted octanol–water partition coefficient (Wildman–Crippen LogP) is 8.27. The highest BCUT2D eigenvalue weighted by molar-refractivity contribution is 7.80. The summed E-state index contributed by atoms with van der Waals surface area (Å²) in [5, 5.41) is 8.89. The average Bonchev–Trinajstić information content (AvgIpc) is 2.76. The van der Waals surface area contributed by atoms with Crippen molar-refractivity contribution in [2.45, 2.75) is 107 Å². The second kappa shape index (κ2) is 18.6. The van der Waals surface area contributed by atoms with Crippen molar-refractivity contribution in [1.82, 2.24) is 10.6 Å². The topological polar surface area (TPSA) is 53.2 Å². The minimum atomic E-state index is -1.74. The highest BCUT2D eigenvalue weighted by atomic mass is 35.6. The predicted molar refractivity (Wildman–Crippen MR) is 148 cm³/mol. The number of alkyl halides is 3. The van der Waals surface area contributed by atoms with Crippen molar-refractivity contribution in [2.75, 3.05) is 5.32 Å². The smallest absolute Gasteiger partial charge is 0.228 e. The van der Waals surface area contributed by atoms with Gasteiger partial charge in [0.2, 0.25) is 9.70 Å². The molecule has 3 N–H and O–H groups in total. The fourth-order valence-electron chi connectivity index (χ4n) is 3.56. The third-order valence-electron chi connectivity index (χ3n) is 5.45. The van der Waals surface area contributed by atoms with Gasteiger partial charge < -0.3 is 16.0 Å². The summed E-state index contributed by atoms with van der Waals surface area (Å²) in [6, 6.07) is 9.41. The summed E-state index contributed by atoms with van der Waals surface area (Å²) < 4.78 is -1.74. The molecule has 1 amide bonds. The van der Waals surface area contributed by atoms with Crippen LogP contribution in [0.3, 0.4) is 0 Å². The molecule has 33 heavy (non-hydrogen) atoms. The average molecular weight is 537 g/mol. The molecule has 0 aliphatic heterocycles. The van der Waals surface area contributed by atoms with Crippen LogP contribution >= 0.6 is 47.0 Å². The molecule has 4 nitrogen and oxygen atoms in total. The Kier molecular flexibility index (Phi) is 17.0. The van der Waals surface area contributed by atoms with Gasteiger partial charge in [-0.15, -0.1) is 0 Å². The number of amides is 1. The quantitative estimate of drug-likeness (QED) is 0.0811. The van der Waals surface area contributed by atoms with E-state index >= 15 is 0 Å². The highest BCUT2D eigenvalue weighted by Crippen LogP contribution is 2.29. The fraction of sp³-hybridized carbons (Fsp3) is 0.680. The molecule has 8 heteroatoms. The number of nitrogens with one attached hydrogen (secondary N) is 3. The van der Waals surface area contributed by atoms with Crippen molar-refractivity contribution in [3.05, 3.63) is 30.3 Å². The summed E-state index contributed by atoms with van der Waals surface area (Å²) in [6.07, 6.45) is 15.9. The van der Waals surface area contributed by atoms with Crippen molar-refractivity contribution in [3.63, 3.8) is 0 Å². The molecule has 0 saturated heterocycles. The van der Waals surface area contributed by atoms with E-state index in [2.05, 4.69) is 22.9 Å². The maximum Gasteiger partial charge on any atom is 0.228 e. The van der Waals surface area contributed by atoms with Crippen molar-refractivity contribution in [1.29, 1.82) is 0 Å². The van der Waals surface area contributed by atoms with Gasteiger partial charge in [0.25, 0.3) is 0 Å². The van der Waals surface area contributed by atoms with Crippen LogP contribution in [0.5, 0.6) is 0 Å². The zero-order valence-electron chi connectivity index (χ0n) is 19.8. The molecule has 1 atom stereocenters. The summed E-state index contributed by atoms with van der Waals surface area (Å²) in [7, 11) is 0. The Bertz CT molecular complexity index is 656. The summed E-state index contributed by atoms with van der Waals surface area (Å²) >= 11 is 23.4. The Morgan fingerprint density at radius 2 is 1.30 bits per heavy atom. The van der Waals surface area contributed by atoms with Gasteiger partial charge in [0, 0.05) is 12.1 Å². The Balaban J connectivity index is 2.14. The van der Waals surface area contributed by atoms with Crippen LogP contribution in [-0.2, 0) is 4.79 Å². The lowest BCUT2D eigenvalue weighted by Gasteiger charge is -2.27. The number of para-hydroxylation sites is 1. The number of carbonyl (C=O) groups is 1. The van der Waals surface area contributed by atoms with Gasteiger partial charge in [-0.2, -0.15) is 0 Å². The number of hydrogen-bond acceptors (Lipinski definition) is 2. The zero-order chi connectivity index (χ0) is 24.4. The first-order valence-corrected chi connectivity index (χ1v) is 13.9. The normalized spacial score (nSPS) is 12.2. The Hall–Kier alpha value is -0.750. The number of benzene rings is 1. The first kappa shape index (κ1) is 30.3. The van der Waals surface area contributed by atoms with E-state index in [9.17, 15) is 4.79 Å². The van der Waals surface area contributed by atoms with Gasteiger partial charge in [-0.25, -0.2) is 0 Å². The Morgan fingerprint density at radius 3 is 1.79 bits per heavy atom. The first-order valence-electron chi connectivity index (χ1n) is 12.3. The summed E-state index contributed by atoms with van der Waals surface area (Å²) in [5.41, 5.74) is 0.802. The van der Waals surface area contributed by atoms with Crippen LogP contribution in [-0.4, -0.2) is 21.0 Å². The third kappa shape index (κ3) is 16.5. The molecule has 0 heterocycles. The molecule has 0 aliphatic carbocycles. The second-order valence-electron chi connectivity index (χ2n) is 8.50. The number of thiocarbonyl (C=S) groups is 1. The van der Waals surface area contributed by atoms with Crippen LogP contribution in [0.1, 0.15) is 96.8 Å². The lowest BCUT2D eigenvalue weighted by atomic mass is 10.0. The molecule has 0 fully saturated rings. The van der Waals surface area contributed by atoms with Crippen molar-refractivity contribution >= 4 is 63.7 Å². The number of hydrogen-bond donors (Lipinski definition) is 3. The number of halogens is 3. The van der Waals surface area contributed by atoms with E-state index in [-0.39, 0.29) is 11.0 Å². The third-order valence-corrected chi connectivity index (χ3v) is 6.32. The van der Waals surface area contributed by atoms with Crippen LogP contribution in [0.25, 0.3) is 0 Å². The van der Waals surface area contributed by atoms with E-state index < -0.39 is 9.96 Å². The van der Waals surface area contributed by atoms with Crippen LogP contribution < -0.4 is 16.0 Å². The molecule has 1 aromatic rings. The standard InChI is InChI=1S/C25H40Cl3N3OS/c1-2-3-4-5-6-7-8-9-10-11-12-13-17-20-22(32)30-23(25(26,27)28)31-24(33)29-21-18-15-14-16-19-21/h14-16,18-19,23H,2-13,17,20H2,1H3,(H,30,32)(H2,29,31,33)/t23-/m0/s1. The van der Waals surface area contributed by atoms with E-state index in [0.717, 1.165) is 24.9 Å². The van der Waals surface area contributed by atoms with Gasteiger partial charge in [-0.3, -0.25) is 4.79 Å². The molecule has 0 radical (unpaired) electrons. The van der Waals surface area contributed by atoms with E-state index in [1.165, 1.54) is 64.2 Å². The number of carbonyl (C=O) groups excluding carboxylic acids is 1. The van der Waals surface area contributed by atoms with Gasteiger partial charge >= 0.3 is 0 Å². The molecule has 0 unspecified atom stereocenters. The Labute approximate surface area is 220 Å². The second-order valence-corrected chi connectivity index (χ2v) is 11.3. The van der Waals surface area contributed by atoms with E-state index in [0.29, 0.717) is 6.42 Å². The monoisotopic (exact) mass is 535 g/mol. The van der Waals surface area contributed by atoms with Crippen molar-refractivity contribution < 1.29 is 4.79 Å². The molecule has 0 saturated carbocycles. The van der Waals surface area contributed by atoms with Crippen LogP contribution in [0, 0.1) is 0 Å². The zero-order valence-corrected chi connectivity index (χ0v) is 22.9. The molecular weight excluding hydrogens is 497 g/mol. The van der Waals surface area contributed by atoms with Crippen LogP contribution in [0.2, 0.25) is 0 Å². The van der Waals surface area contributed by atoms with Gasteiger partial charge in [0.1, 0.15) is 6.17 Å². The van der Waals surface area contributed by atoms with Gasteiger partial charge in [-0.1, -0.05) is 137 Å². The van der Waals surface area contributed by atoms with E-state index in [1.807, 2.05) is 30.3 Å². The summed E-state index contributed by atoms with van der Waals surface area (Å²) in [4.78, 5) is 12.4. The minimum Gasteiger partial charge on any atom is -0.339 e. The van der Waals surface area contributed by atoms with Gasteiger partial charge in [0.15, 0.2) is 5.11 Å². The molecule has 1 rings (SSSR count). The maximum atomic E-state index is 12.4. The number of anilines is 1. The Morgan fingerprint density at radius 1 is 0.818 bits per heavy atom. The largest absolute Gasteiger partial charge is 0.339 e.